The first-order chi connectivity index (χ1) is 16.2. The fraction of sp³-hybridized carbons (Fsp3) is 0.560. The number of nitrogens with two attached hydrogens (primary N) is 1. The van der Waals surface area contributed by atoms with E-state index in [2.05, 4.69) is 4.99 Å². The Morgan fingerprint density at radius 2 is 1.85 bits per heavy atom. The van der Waals surface area contributed by atoms with Gasteiger partial charge in [0, 0.05) is 29.5 Å². The number of aliphatic imine (C=N–C) groups is 1. The number of hydrogen-bond acceptors (Lipinski definition) is 8. The molecule has 1 aliphatic heterocycles. The second-order valence-electron chi connectivity index (χ2n) is 8.92. The van der Waals surface area contributed by atoms with Gasteiger partial charge in [-0.1, -0.05) is 38.8 Å². The molecule has 0 aromatic heterocycles. The summed E-state index contributed by atoms with van der Waals surface area (Å²) in [5, 5.41) is 11.4. The van der Waals surface area contributed by atoms with Crippen molar-refractivity contribution in [2.45, 2.75) is 59.3 Å². The molecule has 0 bridgehead atoms. The van der Waals surface area contributed by atoms with Crippen molar-refractivity contribution in [3.8, 4) is 0 Å². The first-order valence-electron chi connectivity index (χ1n) is 11.7. The molecule has 2 atom stereocenters. The van der Waals surface area contributed by atoms with Gasteiger partial charge in [0.1, 0.15) is 5.92 Å². The minimum Gasteiger partial charge on any atom is -0.465 e. The molecule has 1 heterocycles. The number of benzene rings is 1. The molecule has 2 N–H and O–H groups in total. The Hall–Kier alpha value is -3.07. The number of rotatable bonds is 12. The van der Waals surface area contributed by atoms with Gasteiger partial charge in [0.05, 0.1) is 23.7 Å². The highest BCUT2D eigenvalue weighted by Gasteiger charge is 2.42. The molecule has 9 nitrogen and oxygen atoms in total. The average molecular weight is 474 g/mol. The van der Waals surface area contributed by atoms with Crippen molar-refractivity contribution < 1.29 is 24.0 Å². The molecule has 0 amide bonds. The van der Waals surface area contributed by atoms with Crippen molar-refractivity contribution in [1.29, 1.82) is 0 Å². The number of carbonyl (C=O) groups is 2. The number of nitro benzene ring substituents is 1. The lowest BCUT2D eigenvalue weighted by atomic mass is 9.75. The van der Waals surface area contributed by atoms with Crippen LogP contribution < -0.4 is 5.73 Å². The number of non-ortho nitro benzene ring substituents is 1. The summed E-state index contributed by atoms with van der Waals surface area (Å²) in [6.45, 7) is 8.31. The van der Waals surface area contributed by atoms with Crippen LogP contribution in [-0.2, 0) is 19.1 Å². The molecule has 0 saturated heterocycles. The van der Waals surface area contributed by atoms with E-state index in [0.29, 0.717) is 29.9 Å². The SMILES string of the molecule is CC1=NC(C)=C(C(=O)OCCCCCCN)C(c2cccc([N+](=O)[O-])c2)C1C(=O)OCC(C)C. The van der Waals surface area contributed by atoms with Crippen molar-refractivity contribution in [1.82, 2.24) is 0 Å². The highest BCUT2D eigenvalue weighted by molar-refractivity contribution is 6.07. The predicted octanol–water partition coefficient (Wildman–Crippen LogP) is 4.30. The minimum atomic E-state index is -0.892. The van der Waals surface area contributed by atoms with Gasteiger partial charge in [-0.05, 0) is 44.7 Å². The lowest BCUT2D eigenvalue weighted by Gasteiger charge is -2.31. The minimum absolute atomic E-state index is 0.127. The molecule has 2 rings (SSSR count). The number of nitro groups is 1. The number of ether oxygens (including phenoxy) is 2. The molecule has 186 valence electrons. The smallest absolute Gasteiger partial charge is 0.336 e. The standard InChI is InChI=1S/C25H35N3O6/c1-16(2)15-34-25(30)22-18(4)27-17(3)21(24(29)33-13-8-6-5-7-12-26)23(22)19-10-9-11-20(14-19)28(31)32/h9-11,14,16,22-23H,5-8,12-13,15,26H2,1-4H3. The van der Waals surface area contributed by atoms with Crippen LogP contribution in [0.5, 0.6) is 0 Å². The van der Waals surface area contributed by atoms with Crippen molar-refractivity contribution in [2.75, 3.05) is 19.8 Å². The summed E-state index contributed by atoms with van der Waals surface area (Å²) in [7, 11) is 0. The highest BCUT2D eigenvalue weighted by atomic mass is 16.6. The zero-order valence-corrected chi connectivity index (χ0v) is 20.4. The molecule has 1 aromatic rings. The maximum absolute atomic E-state index is 13.2. The van der Waals surface area contributed by atoms with Gasteiger partial charge in [0.15, 0.2) is 0 Å². The lowest BCUT2D eigenvalue weighted by molar-refractivity contribution is -0.384. The third-order valence-corrected chi connectivity index (χ3v) is 5.63. The number of unbranched alkanes of at least 4 members (excludes halogenated alkanes) is 3. The van der Waals surface area contributed by atoms with Crippen LogP contribution in [0.2, 0.25) is 0 Å². The number of carbonyl (C=O) groups excluding carboxylic acids is 2. The molecule has 0 saturated carbocycles. The Bertz CT molecular complexity index is 954. The molecule has 0 fully saturated rings. The molecule has 2 unspecified atom stereocenters. The van der Waals surface area contributed by atoms with Crippen molar-refractivity contribution in [2.24, 2.45) is 22.6 Å². The largest absolute Gasteiger partial charge is 0.465 e. The van der Waals surface area contributed by atoms with E-state index in [9.17, 15) is 19.7 Å². The Morgan fingerprint density at radius 1 is 1.15 bits per heavy atom. The van der Waals surface area contributed by atoms with E-state index >= 15 is 0 Å². The molecule has 0 spiro atoms. The van der Waals surface area contributed by atoms with E-state index in [1.165, 1.54) is 12.1 Å². The third-order valence-electron chi connectivity index (χ3n) is 5.63. The van der Waals surface area contributed by atoms with Crippen LogP contribution >= 0.6 is 0 Å². The summed E-state index contributed by atoms with van der Waals surface area (Å²) in [5.41, 5.74) is 6.98. The van der Waals surface area contributed by atoms with E-state index in [1.807, 2.05) is 13.8 Å². The average Bonchev–Trinajstić information content (AvgIpc) is 2.79. The van der Waals surface area contributed by atoms with Crippen molar-refractivity contribution >= 4 is 23.3 Å². The first-order valence-corrected chi connectivity index (χ1v) is 11.7. The fourth-order valence-corrected chi connectivity index (χ4v) is 3.98. The van der Waals surface area contributed by atoms with E-state index in [4.69, 9.17) is 15.2 Å². The van der Waals surface area contributed by atoms with Gasteiger partial charge in [0.2, 0.25) is 0 Å². The van der Waals surface area contributed by atoms with Gasteiger partial charge >= 0.3 is 11.9 Å². The molecule has 9 heteroatoms. The quantitative estimate of drug-likeness (QED) is 0.207. The van der Waals surface area contributed by atoms with Crippen molar-refractivity contribution in [3.05, 3.63) is 51.2 Å². The van der Waals surface area contributed by atoms with E-state index in [0.717, 1.165) is 19.3 Å². The Morgan fingerprint density at radius 3 is 2.50 bits per heavy atom. The molecule has 1 aliphatic rings. The zero-order chi connectivity index (χ0) is 25.3. The van der Waals surface area contributed by atoms with Crippen LogP contribution in [0.15, 0.2) is 40.5 Å². The fourth-order valence-electron chi connectivity index (χ4n) is 3.98. The molecule has 0 aliphatic carbocycles. The summed E-state index contributed by atoms with van der Waals surface area (Å²) in [6.07, 6.45) is 3.46. The van der Waals surface area contributed by atoms with E-state index in [1.54, 1.807) is 26.0 Å². The molecule has 34 heavy (non-hydrogen) atoms. The molecule has 0 radical (unpaired) electrons. The second kappa shape index (κ2) is 13.0. The Kier molecular flexibility index (Phi) is 10.4. The van der Waals surface area contributed by atoms with Crippen LogP contribution in [0.25, 0.3) is 0 Å². The van der Waals surface area contributed by atoms with Gasteiger partial charge in [0.25, 0.3) is 5.69 Å². The zero-order valence-electron chi connectivity index (χ0n) is 20.4. The number of allylic oxidation sites excluding steroid dienone is 1. The molecular weight excluding hydrogens is 438 g/mol. The van der Waals surface area contributed by atoms with Crippen LogP contribution in [0, 0.1) is 22.0 Å². The highest BCUT2D eigenvalue weighted by Crippen LogP contribution is 2.41. The normalized spacial score (nSPS) is 18.0. The lowest BCUT2D eigenvalue weighted by Crippen LogP contribution is -2.37. The Labute approximate surface area is 200 Å². The number of hydrogen-bond donors (Lipinski definition) is 1. The molecule has 1 aromatic carbocycles. The Balaban J connectivity index is 2.40. The van der Waals surface area contributed by atoms with Gasteiger partial charge in [-0.15, -0.1) is 0 Å². The topological polar surface area (TPSA) is 134 Å². The maximum atomic E-state index is 13.2. The van der Waals surface area contributed by atoms with Gasteiger partial charge in [-0.25, -0.2) is 4.79 Å². The van der Waals surface area contributed by atoms with Gasteiger partial charge in [-0.2, -0.15) is 0 Å². The second-order valence-corrected chi connectivity index (χ2v) is 8.92. The summed E-state index contributed by atoms with van der Waals surface area (Å²) in [6, 6.07) is 5.97. The summed E-state index contributed by atoms with van der Waals surface area (Å²) in [4.78, 5) is 41.7. The number of nitrogens with zero attached hydrogens (tertiary/aromatic N) is 2. The molecular formula is C25H35N3O6. The van der Waals surface area contributed by atoms with Gasteiger partial charge < -0.3 is 15.2 Å². The maximum Gasteiger partial charge on any atom is 0.336 e. The predicted molar refractivity (Wildman–Crippen MR) is 129 cm³/mol. The van der Waals surface area contributed by atoms with Crippen molar-refractivity contribution in [3.63, 3.8) is 0 Å². The van der Waals surface area contributed by atoms with E-state index in [-0.39, 0.29) is 30.4 Å². The third kappa shape index (κ3) is 7.21. The van der Waals surface area contributed by atoms with Crippen LogP contribution in [0.4, 0.5) is 5.69 Å². The van der Waals surface area contributed by atoms with E-state index < -0.39 is 28.7 Å². The summed E-state index contributed by atoms with van der Waals surface area (Å²) in [5.74, 6) is -2.67. The van der Waals surface area contributed by atoms with Gasteiger partial charge in [-0.3, -0.25) is 19.9 Å². The summed E-state index contributed by atoms with van der Waals surface area (Å²) >= 11 is 0. The number of esters is 2. The van der Waals surface area contributed by atoms with Crippen LogP contribution in [-0.4, -0.2) is 42.3 Å². The summed E-state index contributed by atoms with van der Waals surface area (Å²) < 4.78 is 11.0. The van der Waals surface area contributed by atoms with Crippen LogP contribution in [0.3, 0.4) is 0 Å². The first kappa shape index (κ1) is 27.2. The monoisotopic (exact) mass is 473 g/mol. The van der Waals surface area contributed by atoms with Crippen LogP contribution in [0.1, 0.15) is 64.9 Å².